The largest absolute Gasteiger partial charge is 0.228 e. The van der Waals surface area contributed by atoms with Gasteiger partial charge in [-0.2, -0.15) is 0 Å². The van der Waals surface area contributed by atoms with Crippen LogP contribution in [0.25, 0.3) is 43.8 Å². The van der Waals surface area contributed by atoms with Crippen LogP contribution in [-0.4, -0.2) is 9.97 Å². The molecule has 0 unspecified atom stereocenters. The molecule has 0 bridgehead atoms. The summed E-state index contributed by atoms with van der Waals surface area (Å²) >= 11 is 1.94. The van der Waals surface area contributed by atoms with Crippen molar-refractivity contribution >= 4 is 55.6 Å². The molecule has 53 heavy (non-hydrogen) atoms. The Morgan fingerprint density at radius 3 is 2.09 bits per heavy atom. The molecule has 3 aliphatic rings. The third-order valence-corrected chi connectivity index (χ3v) is 12.3. The van der Waals surface area contributed by atoms with Gasteiger partial charge < -0.3 is 0 Å². The number of hydrogen-bond donors (Lipinski definition) is 0. The van der Waals surface area contributed by atoms with Gasteiger partial charge in [0.1, 0.15) is 0 Å². The van der Waals surface area contributed by atoms with Gasteiger partial charge in [0.15, 0.2) is 5.82 Å². The molecule has 2 nitrogen and oxygen atoms in total. The van der Waals surface area contributed by atoms with Crippen LogP contribution in [0.2, 0.25) is 0 Å². The summed E-state index contributed by atoms with van der Waals surface area (Å²) in [6.07, 6.45) is 20.2. The number of allylic oxidation sites excluding steroid dienone is 14. The van der Waals surface area contributed by atoms with Gasteiger partial charge in [0.2, 0.25) is 0 Å². The lowest BCUT2D eigenvalue weighted by atomic mass is 9.65. The third-order valence-electron chi connectivity index (χ3n) is 11.0. The first-order valence-electron chi connectivity index (χ1n) is 18.5. The zero-order chi connectivity index (χ0) is 36.1. The Bertz CT molecular complexity index is 2630. The summed E-state index contributed by atoms with van der Waals surface area (Å²) in [4.78, 5) is 13.2. The summed E-state index contributed by atoms with van der Waals surface area (Å²) in [6.45, 7) is 8.26. The molecule has 0 N–H and O–H groups in total. The highest BCUT2D eigenvalue weighted by Gasteiger charge is 2.52. The highest BCUT2D eigenvalue weighted by molar-refractivity contribution is 8.00. The fourth-order valence-corrected chi connectivity index (χ4v) is 10.1. The van der Waals surface area contributed by atoms with Gasteiger partial charge in [-0.15, -0.1) is 0 Å². The molecule has 5 aromatic carbocycles. The van der Waals surface area contributed by atoms with Crippen molar-refractivity contribution < 1.29 is 0 Å². The number of hydrogen-bond acceptors (Lipinski definition) is 3. The molecule has 0 atom stereocenters. The van der Waals surface area contributed by atoms with Crippen molar-refractivity contribution in [2.45, 2.75) is 49.3 Å². The number of rotatable bonds is 5. The molecular weight excluding hydrogens is 661 g/mol. The van der Waals surface area contributed by atoms with E-state index in [9.17, 15) is 0 Å². The van der Waals surface area contributed by atoms with Gasteiger partial charge in [-0.1, -0.05) is 164 Å². The maximum absolute atomic E-state index is 5.36. The maximum atomic E-state index is 5.36. The highest BCUT2D eigenvalue weighted by atomic mass is 32.2. The monoisotopic (exact) mass is 700 g/mol. The van der Waals surface area contributed by atoms with E-state index in [1.807, 2.05) is 24.8 Å². The molecule has 0 saturated heterocycles. The normalized spacial score (nSPS) is 16.3. The topological polar surface area (TPSA) is 25.8 Å². The average Bonchev–Trinajstić information content (AvgIpc) is 3.31. The molecule has 0 fully saturated rings. The first kappa shape index (κ1) is 33.1. The second-order valence-electron chi connectivity index (χ2n) is 13.9. The van der Waals surface area contributed by atoms with Crippen LogP contribution in [0.15, 0.2) is 173 Å². The molecular formula is C50H40N2S. The molecule has 1 aliphatic heterocycles. The summed E-state index contributed by atoms with van der Waals surface area (Å²) in [7, 11) is 0. The van der Waals surface area contributed by atoms with Crippen LogP contribution in [0.1, 0.15) is 73.6 Å². The minimum absolute atomic E-state index is 0.496. The fraction of sp³-hybridized carbons (Fsp3) is 0.120. The Morgan fingerprint density at radius 1 is 0.736 bits per heavy atom. The summed E-state index contributed by atoms with van der Waals surface area (Å²) in [5.41, 5.74) is 12.6. The van der Waals surface area contributed by atoms with E-state index in [1.165, 1.54) is 64.7 Å². The van der Waals surface area contributed by atoms with Crippen molar-refractivity contribution in [1.82, 2.24) is 9.97 Å². The zero-order valence-corrected chi connectivity index (χ0v) is 31.3. The molecule has 256 valence electrons. The number of aromatic nitrogens is 2. The van der Waals surface area contributed by atoms with Gasteiger partial charge in [0.05, 0.1) is 16.8 Å². The molecule has 9 rings (SSSR count). The average molecular weight is 701 g/mol. The quantitative estimate of drug-likeness (QED) is 0.167. The van der Waals surface area contributed by atoms with E-state index in [2.05, 4.69) is 173 Å². The lowest BCUT2D eigenvalue weighted by molar-refractivity contribution is 0.692. The number of benzene rings is 5. The number of fused-ring (bicyclic) bond motifs is 12. The van der Waals surface area contributed by atoms with E-state index in [-0.39, 0.29) is 0 Å². The summed E-state index contributed by atoms with van der Waals surface area (Å²) < 4.78 is 0. The highest BCUT2D eigenvalue weighted by Crippen LogP contribution is 2.65. The predicted octanol–water partition coefficient (Wildman–Crippen LogP) is 13.4. The molecule has 1 aromatic heterocycles. The Labute approximate surface area is 316 Å². The van der Waals surface area contributed by atoms with Crippen molar-refractivity contribution in [2.75, 3.05) is 0 Å². The van der Waals surface area contributed by atoms with Crippen LogP contribution in [0.5, 0.6) is 0 Å². The van der Waals surface area contributed by atoms with Crippen LogP contribution in [0.3, 0.4) is 0 Å². The fourth-order valence-electron chi connectivity index (χ4n) is 8.64. The van der Waals surface area contributed by atoms with Crippen molar-refractivity contribution in [3.05, 3.63) is 203 Å². The van der Waals surface area contributed by atoms with Crippen molar-refractivity contribution in [3.8, 4) is 0 Å². The van der Waals surface area contributed by atoms with Gasteiger partial charge in [-0.25, -0.2) is 9.97 Å². The van der Waals surface area contributed by atoms with Crippen LogP contribution < -0.4 is 0 Å². The molecule has 0 saturated carbocycles. The minimum atomic E-state index is -0.496. The lowest BCUT2D eigenvalue weighted by Gasteiger charge is -2.42. The first-order valence-corrected chi connectivity index (χ1v) is 19.3. The smallest absolute Gasteiger partial charge is 0.156 e. The SMILES string of the molecule is C/C=C\C=C(/C)c1nc(C2=CC=CCC3=C2c2ccccc2C32c3ccc4ccccc4c3Sc3c2ccc2ccccc32)cc(C(/C=C\C)=C/C)n1. The second kappa shape index (κ2) is 13.3. The summed E-state index contributed by atoms with van der Waals surface area (Å²) in [6, 6.07) is 38.6. The van der Waals surface area contributed by atoms with Gasteiger partial charge in [0.25, 0.3) is 0 Å². The third kappa shape index (κ3) is 5.10. The second-order valence-corrected chi connectivity index (χ2v) is 14.9. The van der Waals surface area contributed by atoms with E-state index < -0.39 is 5.41 Å². The maximum Gasteiger partial charge on any atom is 0.156 e. The van der Waals surface area contributed by atoms with Crippen molar-refractivity contribution in [3.63, 3.8) is 0 Å². The Kier molecular flexibility index (Phi) is 8.32. The van der Waals surface area contributed by atoms with Gasteiger partial charge >= 0.3 is 0 Å². The lowest BCUT2D eigenvalue weighted by Crippen LogP contribution is -2.33. The first-order chi connectivity index (χ1) is 26.1. The van der Waals surface area contributed by atoms with E-state index in [4.69, 9.17) is 9.97 Å². The van der Waals surface area contributed by atoms with Crippen molar-refractivity contribution in [2.24, 2.45) is 0 Å². The van der Waals surface area contributed by atoms with Crippen LogP contribution >= 0.6 is 11.8 Å². The summed E-state index contributed by atoms with van der Waals surface area (Å²) in [5, 5.41) is 5.14. The van der Waals surface area contributed by atoms with Crippen LogP contribution in [-0.2, 0) is 5.41 Å². The molecule has 6 aromatic rings. The van der Waals surface area contributed by atoms with E-state index in [0.717, 1.165) is 40.4 Å². The Hall–Kier alpha value is -5.77. The molecule has 0 amide bonds. The van der Waals surface area contributed by atoms with Crippen LogP contribution in [0.4, 0.5) is 0 Å². The Balaban J connectivity index is 1.40. The molecule has 1 spiro atoms. The Morgan fingerprint density at radius 2 is 1.42 bits per heavy atom. The molecule has 2 aliphatic carbocycles. The van der Waals surface area contributed by atoms with Crippen LogP contribution in [0, 0.1) is 0 Å². The zero-order valence-electron chi connectivity index (χ0n) is 30.5. The van der Waals surface area contributed by atoms with Gasteiger partial charge in [0, 0.05) is 15.4 Å². The van der Waals surface area contributed by atoms with E-state index >= 15 is 0 Å². The molecule has 3 heteroatoms. The van der Waals surface area contributed by atoms with Gasteiger partial charge in [-0.3, -0.25) is 0 Å². The standard InChI is InChI=1S/C50H40N2S/c1-5-8-18-32(4)49-51-44(33(7-3)17-6-2)31-45(52-49)39-24-14-16-26-41-46(39)38-23-13-15-25-40(38)50(41)42-29-27-34-19-9-11-21-36(34)47(42)53-48-37-22-12-10-20-35(37)28-30-43(48)50/h5-25,27-31H,26H2,1-4H3/b8-5-,17-6-,32-18+,33-7+. The summed E-state index contributed by atoms with van der Waals surface area (Å²) in [5.74, 6) is 0.736. The molecule has 2 heterocycles. The molecule has 0 radical (unpaired) electrons. The van der Waals surface area contributed by atoms with E-state index in [0.29, 0.717) is 0 Å². The predicted molar refractivity (Wildman–Crippen MR) is 226 cm³/mol. The van der Waals surface area contributed by atoms with E-state index in [1.54, 1.807) is 0 Å². The number of nitrogens with zero attached hydrogens (tertiary/aromatic N) is 2. The van der Waals surface area contributed by atoms with Crippen molar-refractivity contribution in [1.29, 1.82) is 0 Å². The minimum Gasteiger partial charge on any atom is -0.228 e. The van der Waals surface area contributed by atoms with Gasteiger partial charge in [-0.05, 0) is 106 Å².